The second-order valence-corrected chi connectivity index (χ2v) is 22.4. The maximum atomic E-state index is 14.7. The van der Waals surface area contributed by atoms with E-state index in [2.05, 4.69) is 26.6 Å². The zero-order valence-corrected chi connectivity index (χ0v) is 49.6. The second-order valence-electron chi connectivity index (χ2n) is 22.4. The van der Waals surface area contributed by atoms with Gasteiger partial charge in [0, 0.05) is 97.2 Å². The number of carboxylic acid groups (broad SMARTS) is 3. The van der Waals surface area contributed by atoms with Crippen molar-refractivity contribution in [2.24, 2.45) is 5.73 Å². The monoisotopic (exact) mass is 1220 g/mol. The van der Waals surface area contributed by atoms with Crippen LogP contribution in [0.4, 0.5) is 0 Å². The molecule has 4 aromatic carbocycles. The molecule has 26 heteroatoms. The van der Waals surface area contributed by atoms with Gasteiger partial charge < -0.3 is 57.6 Å². The molecule has 4 aromatic rings. The fraction of sp³-hybridized carbons (Fsp3) is 0.468. The number of phenols is 1. The number of aromatic hydroxyl groups is 1. The van der Waals surface area contributed by atoms with Gasteiger partial charge in [0.25, 0.3) is 5.91 Å². The predicted molar refractivity (Wildman–Crippen MR) is 325 cm³/mol. The molecule has 88 heavy (non-hydrogen) atoms. The summed E-state index contributed by atoms with van der Waals surface area (Å²) in [5.74, 6) is -7.34. The molecule has 0 aliphatic carbocycles. The summed E-state index contributed by atoms with van der Waals surface area (Å²) in [6.45, 7) is 0.735. The van der Waals surface area contributed by atoms with Gasteiger partial charge in [-0.3, -0.25) is 73.0 Å². The Morgan fingerprint density at radius 3 is 1.69 bits per heavy atom. The Hall–Kier alpha value is -8.85. The van der Waals surface area contributed by atoms with Gasteiger partial charge in [-0.1, -0.05) is 73.2 Å². The van der Waals surface area contributed by atoms with E-state index < -0.39 is 84.1 Å². The zero-order chi connectivity index (χ0) is 63.7. The maximum absolute atomic E-state index is 14.7. The number of phenolic OH excluding ortho intramolecular Hbond substituents is 1. The number of carboxylic acids is 3. The number of amides is 6. The zero-order valence-electron chi connectivity index (χ0n) is 49.6. The minimum atomic E-state index is -1.28. The number of hydrogen-bond donors (Lipinski definition) is 11. The van der Waals surface area contributed by atoms with Gasteiger partial charge in [-0.15, -0.1) is 0 Å². The molecule has 26 nitrogen and oxygen atoms in total. The highest BCUT2D eigenvalue weighted by molar-refractivity contribution is 5.98. The number of amidine groups is 1. The molecule has 6 rings (SSSR count). The first kappa shape index (κ1) is 68.3. The molecule has 0 unspecified atom stereocenters. The summed E-state index contributed by atoms with van der Waals surface area (Å²) in [5, 5.41) is 62.0. The van der Waals surface area contributed by atoms with Crippen molar-refractivity contribution in [2.75, 3.05) is 98.7 Å². The predicted octanol–water partition coefficient (Wildman–Crippen LogP) is 0.425. The number of ketones is 1. The van der Waals surface area contributed by atoms with Gasteiger partial charge in [-0.05, 0) is 83.8 Å². The molecule has 2 aliphatic rings. The number of rotatable bonds is 25. The molecule has 0 radical (unpaired) electrons. The lowest BCUT2D eigenvalue weighted by atomic mass is 10.00. The Morgan fingerprint density at radius 1 is 0.580 bits per heavy atom. The van der Waals surface area contributed by atoms with E-state index in [4.69, 9.17) is 11.1 Å². The van der Waals surface area contributed by atoms with Crippen molar-refractivity contribution in [2.45, 2.75) is 88.4 Å². The number of carbonyl (C=O) groups is 10. The number of nitrogens with zero attached hydrogens (tertiary/aromatic N) is 5. The van der Waals surface area contributed by atoms with E-state index in [1.165, 1.54) is 24.1 Å². The third-order valence-electron chi connectivity index (χ3n) is 15.5. The van der Waals surface area contributed by atoms with Crippen LogP contribution in [0, 0.1) is 5.41 Å². The highest BCUT2D eigenvalue weighted by Gasteiger charge is 2.36. The average Bonchev–Trinajstić information content (AvgIpc) is 3.71. The summed E-state index contributed by atoms with van der Waals surface area (Å²) >= 11 is 0. The molecule has 2 saturated heterocycles. The number of carbonyl (C=O) groups excluding carboxylic acids is 7. The first-order valence-electron chi connectivity index (χ1n) is 29.6. The molecule has 12 N–H and O–H groups in total. The van der Waals surface area contributed by atoms with E-state index >= 15 is 0 Å². The van der Waals surface area contributed by atoms with Crippen molar-refractivity contribution in [3.63, 3.8) is 0 Å². The van der Waals surface area contributed by atoms with E-state index in [-0.39, 0.29) is 134 Å². The minimum Gasteiger partial charge on any atom is -0.508 e. The van der Waals surface area contributed by atoms with Crippen LogP contribution < -0.4 is 32.3 Å². The maximum Gasteiger partial charge on any atom is 0.317 e. The summed E-state index contributed by atoms with van der Waals surface area (Å²) in [4.78, 5) is 142. The van der Waals surface area contributed by atoms with Gasteiger partial charge >= 0.3 is 17.9 Å². The number of likely N-dealkylation sites (N-methyl/N-ethyl adjacent to an activating group) is 1. The van der Waals surface area contributed by atoms with Crippen LogP contribution in [0.3, 0.4) is 0 Å². The Labute approximate surface area is 510 Å². The summed E-state index contributed by atoms with van der Waals surface area (Å²) < 4.78 is 0. The van der Waals surface area contributed by atoms with Crippen molar-refractivity contribution >= 4 is 75.7 Å². The minimum absolute atomic E-state index is 0.0150. The standard InChI is InChI=1S/C62H82N12O14/c1-70-52(10-6-24-65-58(84)45-19-12-41(13-20-45)15-23-48(76)37-71-25-27-72(38-55(78)79)29-31-74(40-57(82)83)32-30-73(28-26-71)39-56(80)81)61(87)68-49(9-4-5-11-53(63)64)60(86)69-50(35-43-14-18-44-7-2-3-8-46(44)33-43)59(85)66-36-54(77)67-51(62(70)88)34-42-16-21-47(75)22-17-42/h2-3,7-8,12-14,16-22,33,49-52,75H,4-6,9-11,15,23-32,34-40H2,1H3,(H3,63,64)(H,65,84)(H,66,85)(H,67,77)(H,68,87)(H,69,86)(H,78,79)(H,80,81)(H,82,83)/t49-,50-,51+,52+/m0/s1. The van der Waals surface area contributed by atoms with Crippen molar-refractivity contribution in [3.8, 4) is 5.75 Å². The number of Topliss-reactive ketones (excluding diaryl/α,β-unsaturated/α-hetero) is 1. The Kier molecular flexibility index (Phi) is 26.7. The lowest BCUT2D eigenvalue weighted by molar-refractivity contribution is -0.142. The molecule has 0 aromatic heterocycles. The van der Waals surface area contributed by atoms with Gasteiger partial charge in [0.05, 0.1) is 38.6 Å². The van der Waals surface area contributed by atoms with Crippen LogP contribution >= 0.6 is 0 Å². The third kappa shape index (κ3) is 23.1. The normalized spacial score (nSPS) is 19.6. The molecule has 474 valence electrons. The Balaban J connectivity index is 1.13. The summed E-state index contributed by atoms with van der Waals surface area (Å²) in [7, 11) is 1.40. The number of benzene rings is 4. The molecule has 4 atom stereocenters. The molecule has 2 heterocycles. The van der Waals surface area contributed by atoms with Crippen molar-refractivity contribution in [1.29, 1.82) is 5.41 Å². The number of unbranched alkanes of at least 4 members (excludes halogenated alkanes) is 1. The smallest absolute Gasteiger partial charge is 0.317 e. The first-order valence-corrected chi connectivity index (χ1v) is 29.6. The molecular formula is C62H82N12O14. The van der Waals surface area contributed by atoms with Crippen LogP contribution in [0.5, 0.6) is 5.75 Å². The molecule has 0 bridgehead atoms. The van der Waals surface area contributed by atoms with Gasteiger partial charge in [0.1, 0.15) is 35.7 Å². The van der Waals surface area contributed by atoms with Crippen LogP contribution in [-0.4, -0.2) is 233 Å². The fourth-order valence-electron chi connectivity index (χ4n) is 10.6. The van der Waals surface area contributed by atoms with Crippen LogP contribution in [-0.2, 0) is 62.4 Å². The highest BCUT2D eigenvalue weighted by Crippen LogP contribution is 2.19. The van der Waals surface area contributed by atoms with Crippen LogP contribution in [0.25, 0.3) is 10.8 Å². The SMILES string of the molecule is CN1C(=O)[C@@H](Cc2ccc(O)cc2)NC(=O)CNC(=O)[C@H](Cc2ccc3ccccc3c2)NC(=O)[C@H](CCCCC(=N)N)NC(=O)[C@H]1CCCNC(=O)c1ccc(CCC(=O)CN2CCN(CC(=O)O)CCN(CC(=O)O)CCN(CC(=O)O)CC2)cc1. The summed E-state index contributed by atoms with van der Waals surface area (Å²) in [6.07, 6.45) is 1.58. The molecule has 2 aliphatic heterocycles. The highest BCUT2D eigenvalue weighted by atomic mass is 16.4. The number of fused-ring (bicyclic) bond motifs is 1. The van der Waals surface area contributed by atoms with Crippen LogP contribution in [0.15, 0.2) is 91.0 Å². The summed E-state index contributed by atoms with van der Waals surface area (Å²) in [6, 6.07) is 20.9. The largest absolute Gasteiger partial charge is 0.508 e. The number of nitrogens with one attached hydrogen (secondary N) is 6. The molecule has 0 spiro atoms. The second kappa shape index (κ2) is 34.5. The average molecular weight is 1220 g/mol. The van der Waals surface area contributed by atoms with Crippen molar-refractivity contribution < 1.29 is 68.4 Å². The van der Waals surface area contributed by atoms with E-state index in [9.17, 15) is 68.4 Å². The van der Waals surface area contributed by atoms with Crippen LogP contribution in [0.2, 0.25) is 0 Å². The topological polar surface area (TPSA) is 378 Å². The number of nitrogens with two attached hydrogens (primary N) is 1. The Morgan fingerprint density at radius 2 is 1.11 bits per heavy atom. The van der Waals surface area contributed by atoms with Crippen LogP contribution in [0.1, 0.15) is 72.0 Å². The van der Waals surface area contributed by atoms with Crippen molar-refractivity contribution in [3.05, 3.63) is 113 Å². The van der Waals surface area contributed by atoms with Gasteiger partial charge in [-0.25, -0.2) is 0 Å². The number of aryl methyl sites for hydroxylation is 1. The Bertz CT molecular complexity index is 3060. The fourth-order valence-corrected chi connectivity index (χ4v) is 10.6. The van der Waals surface area contributed by atoms with Crippen molar-refractivity contribution in [1.82, 2.24) is 51.1 Å². The lowest BCUT2D eigenvalue weighted by Gasteiger charge is -2.32. The van der Waals surface area contributed by atoms with E-state index in [1.807, 2.05) is 47.4 Å². The van der Waals surface area contributed by atoms with Gasteiger partial charge in [0.15, 0.2) is 0 Å². The third-order valence-corrected chi connectivity index (χ3v) is 15.5. The number of hydrogen-bond acceptors (Lipinski definition) is 16. The van der Waals surface area contributed by atoms with Gasteiger partial charge in [-0.2, -0.15) is 0 Å². The van der Waals surface area contributed by atoms with Gasteiger partial charge in [0.2, 0.25) is 29.5 Å². The molecular weight excluding hydrogens is 1140 g/mol. The molecule has 2 fully saturated rings. The molecule has 6 amide bonds. The van der Waals surface area contributed by atoms with E-state index in [0.29, 0.717) is 49.0 Å². The van der Waals surface area contributed by atoms with E-state index in [0.717, 1.165) is 16.3 Å². The first-order chi connectivity index (χ1) is 42.1. The molecule has 0 saturated carbocycles. The summed E-state index contributed by atoms with van der Waals surface area (Å²) in [5.41, 5.74) is 7.96. The van der Waals surface area contributed by atoms with E-state index in [1.54, 1.807) is 51.1 Å². The number of aliphatic carboxylic acids is 3. The quantitative estimate of drug-likeness (QED) is 0.0243. The lowest BCUT2D eigenvalue weighted by Crippen LogP contribution is -2.58.